The van der Waals surface area contributed by atoms with Crippen LogP contribution in [0.15, 0.2) is 42.9 Å². The summed E-state index contributed by atoms with van der Waals surface area (Å²) in [5, 5.41) is 18.3. The quantitative estimate of drug-likeness (QED) is 0.423. The molecule has 168 valence electrons. The number of fused-ring (bicyclic) bond motifs is 3. The Morgan fingerprint density at radius 1 is 1.15 bits per heavy atom. The number of nitrogens with zero attached hydrogens (tertiary/aromatic N) is 4. The van der Waals surface area contributed by atoms with Crippen LogP contribution in [0.3, 0.4) is 0 Å². The molecule has 6 rings (SSSR count). The van der Waals surface area contributed by atoms with E-state index < -0.39 is 5.82 Å². The summed E-state index contributed by atoms with van der Waals surface area (Å²) in [5.41, 5.74) is 2.40. The number of hydrogen-bond donors (Lipinski definition) is 2. The molecule has 0 unspecified atom stereocenters. The molecule has 1 atom stereocenters. The number of nitrogens with one attached hydrogen (secondary N) is 1. The van der Waals surface area contributed by atoms with E-state index in [1.807, 2.05) is 0 Å². The number of carbonyl (C=O) groups is 1. The van der Waals surface area contributed by atoms with Crippen LogP contribution in [0.25, 0.3) is 16.9 Å². The second-order valence-corrected chi connectivity index (χ2v) is 7.34. The Hall–Kier alpha value is -4.28. The topological polar surface area (TPSA) is 111 Å². The maximum atomic E-state index is 14.6. The van der Waals surface area contributed by atoms with Gasteiger partial charge < -0.3 is 19.9 Å². The van der Waals surface area contributed by atoms with Crippen molar-refractivity contribution in [1.82, 2.24) is 19.6 Å². The molecule has 11 heteroatoms. The molecule has 2 N–H and O–H groups in total. The fourth-order valence-corrected chi connectivity index (χ4v) is 4.14. The minimum absolute atomic E-state index is 0.106. The van der Waals surface area contributed by atoms with Gasteiger partial charge in [-0.05, 0) is 30.3 Å². The van der Waals surface area contributed by atoms with Gasteiger partial charge in [0.1, 0.15) is 29.4 Å². The Labute approximate surface area is 185 Å². The SMILES string of the molecule is Fc1cccnc1-c1cc2c(n3cnnc13)NCc1c(F)ccc3c1[C@@H](CO3)CO2.O=CO. The summed E-state index contributed by atoms with van der Waals surface area (Å²) in [4.78, 5) is 12.5. The van der Waals surface area contributed by atoms with Crippen molar-refractivity contribution in [3.63, 3.8) is 0 Å². The lowest BCUT2D eigenvalue weighted by molar-refractivity contribution is -0.122. The third-order valence-corrected chi connectivity index (χ3v) is 5.53. The first-order valence-corrected chi connectivity index (χ1v) is 9.98. The molecule has 0 amide bonds. The van der Waals surface area contributed by atoms with Gasteiger partial charge in [-0.2, -0.15) is 0 Å². The second kappa shape index (κ2) is 8.34. The average Bonchev–Trinajstić information content (AvgIpc) is 3.46. The third-order valence-electron chi connectivity index (χ3n) is 5.53. The average molecular weight is 453 g/mol. The Balaban J connectivity index is 0.000000724. The van der Waals surface area contributed by atoms with Crippen LogP contribution in [-0.2, 0) is 11.3 Å². The zero-order chi connectivity index (χ0) is 22.9. The summed E-state index contributed by atoms with van der Waals surface area (Å²) in [6.45, 7) is 0.684. The van der Waals surface area contributed by atoms with Gasteiger partial charge in [0.05, 0.1) is 24.7 Å². The molecule has 0 radical (unpaired) electrons. The predicted octanol–water partition coefficient (Wildman–Crippen LogP) is 3.25. The van der Waals surface area contributed by atoms with E-state index in [2.05, 4.69) is 20.5 Å². The maximum Gasteiger partial charge on any atom is 0.290 e. The van der Waals surface area contributed by atoms with Crippen molar-refractivity contribution < 1.29 is 28.2 Å². The van der Waals surface area contributed by atoms with Gasteiger partial charge in [0, 0.05) is 23.9 Å². The summed E-state index contributed by atoms with van der Waals surface area (Å²) in [6.07, 6.45) is 3.02. The van der Waals surface area contributed by atoms with E-state index in [-0.39, 0.29) is 37.1 Å². The molecule has 5 heterocycles. The van der Waals surface area contributed by atoms with Gasteiger partial charge in [-0.25, -0.2) is 8.78 Å². The molecule has 0 spiro atoms. The normalized spacial score (nSPS) is 15.9. The van der Waals surface area contributed by atoms with Crippen LogP contribution in [0.5, 0.6) is 11.5 Å². The molecular formula is C22H17F2N5O4. The van der Waals surface area contributed by atoms with E-state index in [4.69, 9.17) is 19.4 Å². The zero-order valence-corrected chi connectivity index (χ0v) is 17.0. The van der Waals surface area contributed by atoms with E-state index in [0.717, 1.165) is 5.56 Å². The van der Waals surface area contributed by atoms with Crippen LogP contribution in [0.1, 0.15) is 17.0 Å². The molecular weight excluding hydrogens is 436 g/mol. The van der Waals surface area contributed by atoms with Gasteiger partial charge >= 0.3 is 0 Å². The summed E-state index contributed by atoms with van der Waals surface area (Å²) in [7, 11) is 0. The van der Waals surface area contributed by atoms with Crippen LogP contribution in [0.2, 0.25) is 0 Å². The molecule has 0 saturated heterocycles. The van der Waals surface area contributed by atoms with Gasteiger partial charge in [0.15, 0.2) is 17.2 Å². The van der Waals surface area contributed by atoms with Gasteiger partial charge in [-0.1, -0.05) is 0 Å². The van der Waals surface area contributed by atoms with Crippen molar-refractivity contribution in [1.29, 1.82) is 0 Å². The number of benzene rings is 1. The molecule has 0 bridgehead atoms. The van der Waals surface area contributed by atoms with Gasteiger partial charge in [-0.15, -0.1) is 10.2 Å². The second-order valence-electron chi connectivity index (χ2n) is 7.34. The Morgan fingerprint density at radius 3 is 2.73 bits per heavy atom. The van der Waals surface area contributed by atoms with Crippen LogP contribution in [-0.4, -0.2) is 44.4 Å². The highest BCUT2D eigenvalue weighted by molar-refractivity contribution is 5.80. The number of aromatic nitrogens is 4. The highest BCUT2D eigenvalue weighted by Gasteiger charge is 2.31. The largest absolute Gasteiger partial charge is 0.493 e. The van der Waals surface area contributed by atoms with Gasteiger partial charge in [0.2, 0.25) is 0 Å². The third kappa shape index (κ3) is 3.47. The van der Waals surface area contributed by atoms with Crippen molar-refractivity contribution in [3.8, 4) is 22.8 Å². The van der Waals surface area contributed by atoms with E-state index in [0.29, 0.717) is 40.7 Å². The minimum Gasteiger partial charge on any atom is -0.493 e. The first kappa shape index (κ1) is 20.6. The first-order chi connectivity index (χ1) is 16.1. The highest BCUT2D eigenvalue weighted by atomic mass is 19.1. The van der Waals surface area contributed by atoms with Crippen molar-refractivity contribution in [2.45, 2.75) is 12.5 Å². The molecule has 0 fully saturated rings. The maximum absolute atomic E-state index is 14.6. The highest BCUT2D eigenvalue weighted by Crippen LogP contribution is 2.41. The monoisotopic (exact) mass is 453 g/mol. The molecule has 0 saturated carbocycles. The zero-order valence-electron chi connectivity index (χ0n) is 17.0. The summed E-state index contributed by atoms with van der Waals surface area (Å²) < 4.78 is 42.6. The number of anilines is 1. The van der Waals surface area contributed by atoms with E-state index in [1.54, 1.807) is 16.5 Å². The number of rotatable bonds is 1. The minimum atomic E-state index is -0.471. The number of hydrogen-bond acceptors (Lipinski definition) is 7. The molecule has 3 aromatic heterocycles. The van der Waals surface area contributed by atoms with Crippen LogP contribution in [0, 0.1) is 11.6 Å². The Bertz CT molecular complexity index is 1360. The number of halogens is 2. The van der Waals surface area contributed by atoms with Gasteiger partial charge in [0.25, 0.3) is 6.47 Å². The molecule has 9 nitrogen and oxygen atoms in total. The smallest absolute Gasteiger partial charge is 0.290 e. The number of ether oxygens (including phenoxy) is 2. The standard InChI is InChI=1S/C21H15F2N5O2.CH2O2/c22-14-3-4-16-18-11(8-29-16)9-30-17-6-12(19-15(23)2-1-5-24-19)20-27-26-10-28(20)21(17)25-7-13(14)18;2-1-3/h1-6,10-11,25H,7-9H2;1H,(H,2,3)/t11-;/m0./s1. The predicted molar refractivity (Wildman–Crippen MR) is 112 cm³/mol. The molecule has 33 heavy (non-hydrogen) atoms. The van der Waals surface area contributed by atoms with Crippen molar-refractivity contribution in [3.05, 3.63) is 65.6 Å². The summed E-state index contributed by atoms with van der Waals surface area (Å²) >= 11 is 0. The fraction of sp³-hybridized carbons (Fsp3) is 0.182. The fourth-order valence-electron chi connectivity index (χ4n) is 4.14. The van der Waals surface area contributed by atoms with Crippen LogP contribution >= 0.6 is 0 Å². The van der Waals surface area contributed by atoms with Crippen molar-refractivity contribution >= 4 is 17.9 Å². The Morgan fingerprint density at radius 2 is 1.94 bits per heavy atom. The van der Waals surface area contributed by atoms with Crippen LogP contribution in [0.4, 0.5) is 14.6 Å². The summed E-state index contributed by atoms with van der Waals surface area (Å²) in [6, 6.07) is 7.63. The van der Waals surface area contributed by atoms with E-state index >= 15 is 0 Å². The molecule has 1 aromatic carbocycles. The lowest BCUT2D eigenvalue weighted by atomic mass is 9.96. The number of carboxylic acid groups (broad SMARTS) is 1. The first-order valence-electron chi connectivity index (χ1n) is 9.98. The lowest BCUT2D eigenvalue weighted by Crippen LogP contribution is -2.13. The van der Waals surface area contributed by atoms with E-state index in [1.165, 1.54) is 30.7 Å². The lowest BCUT2D eigenvalue weighted by Gasteiger charge is -2.16. The van der Waals surface area contributed by atoms with Gasteiger partial charge in [-0.3, -0.25) is 14.2 Å². The van der Waals surface area contributed by atoms with Crippen LogP contribution < -0.4 is 14.8 Å². The number of pyridine rings is 2. The molecule has 2 aliphatic rings. The van der Waals surface area contributed by atoms with Crippen molar-refractivity contribution in [2.75, 3.05) is 18.5 Å². The molecule has 4 aromatic rings. The Kier molecular flexibility index (Phi) is 5.21. The molecule has 0 aliphatic carbocycles. The van der Waals surface area contributed by atoms with Crippen molar-refractivity contribution in [2.24, 2.45) is 0 Å². The summed E-state index contributed by atoms with van der Waals surface area (Å²) in [5.74, 6) is 0.842. The molecule has 2 aliphatic heterocycles. The van der Waals surface area contributed by atoms with E-state index in [9.17, 15) is 8.78 Å².